The summed E-state index contributed by atoms with van der Waals surface area (Å²) in [5.74, 6) is -0.410. The molecule has 0 aliphatic carbocycles. The van der Waals surface area contributed by atoms with Crippen LogP contribution < -0.4 is 4.74 Å². The van der Waals surface area contributed by atoms with Crippen LogP contribution in [0.25, 0.3) is 5.69 Å². The van der Waals surface area contributed by atoms with E-state index in [-0.39, 0.29) is 29.7 Å². The van der Waals surface area contributed by atoms with Crippen molar-refractivity contribution in [2.75, 3.05) is 13.7 Å². The van der Waals surface area contributed by atoms with Gasteiger partial charge in [-0.25, -0.2) is 9.07 Å². The fraction of sp³-hybridized carbons (Fsp3) is 0.231. The summed E-state index contributed by atoms with van der Waals surface area (Å²) >= 11 is 6.13. The first-order valence-corrected chi connectivity index (χ1v) is 6.21. The molecule has 5 nitrogen and oxygen atoms in total. The zero-order valence-corrected chi connectivity index (χ0v) is 11.3. The van der Waals surface area contributed by atoms with E-state index < -0.39 is 5.82 Å². The largest absolute Gasteiger partial charge is 0.495 e. The van der Waals surface area contributed by atoms with Gasteiger partial charge in [-0.3, -0.25) is 4.79 Å². The normalized spacial score (nSPS) is 14.2. The topological polar surface area (TPSA) is 53.4 Å². The minimum absolute atomic E-state index is 0.00696. The van der Waals surface area contributed by atoms with Crippen molar-refractivity contribution in [2.24, 2.45) is 0 Å². The maximum atomic E-state index is 14.1. The summed E-state index contributed by atoms with van der Waals surface area (Å²) in [6, 6.07) is 2.67. The van der Waals surface area contributed by atoms with Gasteiger partial charge in [-0.1, -0.05) is 11.6 Å². The molecule has 0 radical (unpaired) electrons. The second-order valence-electron chi connectivity index (χ2n) is 4.24. The zero-order chi connectivity index (χ0) is 14.3. The van der Waals surface area contributed by atoms with Crippen molar-refractivity contribution in [1.82, 2.24) is 9.78 Å². The number of ketones is 1. The molecule has 1 aromatic heterocycles. The SMILES string of the molecule is COc1ccc(F)c(-n2ncc3c2COCC3=O)c1Cl. The molecular weight excluding hydrogens is 287 g/mol. The molecule has 104 valence electrons. The van der Waals surface area contributed by atoms with Crippen LogP contribution in [-0.4, -0.2) is 29.3 Å². The van der Waals surface area contributed by atoms with E-state index in [9.17, 15) is 9.18 Å². The van der Waals surface area contributed by atoms with Crippen LogP contribution in [0.15, 0.2) is 18.3 Å². The lowest BCUT2D eigenvalue weighted by molar-refractivity contribution is 0.0653. The smallest absolute Gasteiger partial charge is 0.192 e. The van der Waals surface area contributed by atoms with Gasteiger partial charge in [0.25, 0.3) is 0 Å². The molecule has 3 rings (SSSR count). The average molecular weight is 297 g/mol. The van der Waals surface area contributed by atoms with Crippen LogP contribution in [0, 0.1) is 5.82 Å². The third-order valence-corrected chi connectivity index (χ3v) is 3.47. The number of carbonyl (C=O) groups is 1. The maximum absolute atomic E-state index is 14.1. The molecular formula is C13H10ClFN2O3. The fourth-order valence-corrected chi connectivity index (χ4v) is 2.44. The van der Waals surface area contributed by atoms with Crippen LogP contribution in [0.2, 0.25) is 5.02 Å². The van der Waals surface area contributed by atoms with Crippen molar-refractivity contribution in [3.8, 4) is 11.4 Å². The van der Waals surface area contributed by atoms with Gasteiger partial charge in [0.1, 0.15) is 23.1 Å². The number of nitrogens with zero attached hydrogens (tertiary/aromatic N) is 2. The number of ether oxygens (including phenoxy) is 2. The highest BCUT2D eigenvalue weighted by Crippen LogP contribution is 2.34. The summed E-state index contributed by atoms with van der Waals surface area (Å²) in [5, 5.41) is 4.15. The molecule has 0 N–H and O–H groups in total. The Balaban J connectivity index is 2.22. The molecule has 2 aromatic rings. The van der Waals surface area contributed by atoms with Gasteiger partial charge in [0.05, 0.1) is 31.2 Å². The van der Waals surface area contributed by atoms with Crippen molar-refractivity contribution in [3.63, 3.8) is 0 Å². The van der Waals surface area contributed by atoms with Crippen molar-refractivity contribution in [1.29, 1.82) is 0 Å². The second-order valence-corrected chi connectivity index (χ2v) is 4.62. The van der Waals surface area contributed by atoms with Crippen molar-refractivity contribution in [2.45, 2.75) is 6.61 Å². The minimum atomic E-state index is -0.556. The highest BCUT2D eigenvalue weighted by Gasteiger charge is 2.26. The first-order valence-electron chi connectivity index (χ1n) is 5.83. The van der Waals surface area contributed by atoms with Crippen LogP contribution in [0.5, 0.6) is 5.75 Å². The van der Waals surface area contributed by atoms with Gasteiger partial charge in [0.15, 0.2) is 11.6 Å². The second kappa shape index (κ2) is 4.88. The molecule has 0 bridgehead atoms. The predicted octanol–water partition coefficient (Wildman–Crippen LogP) is 2.39. The Labute approximate surface area is 118 Å². The number of rotatable bonds is 2. The summed E-state index contributed by atoms with van der Waals surface area (Å²) in [5.41, 5.74) is 0.954. The quantitative estimate of drug-likeness (QED) is 0.854. The van der Waals surface area contributed by atoms with E-state index in [4.69, 9.17) is 21.1 Å². The average Bonchev–Trinajstić information content (AvgIpc) is 2.85. The molecule has 1 aliphatic heterocycles. The molecule has 0 saturated carbocycles. The summed E-state index contributed by atoms with van der Waals surface area (Å²) in [6.45, 7) is 0.182. The third kappa shape index (κ3) is 1.88. The Morgan fingerprint density at radius 1 is 1.45 bits per heavy atom. The third-order valence-electron chi connectivity index (χ3n) is 3.10. The number of fused-ring (bicyclic) bond motifs is 1. The molecule has 20 heavy (non-hydrogen) atoms. The Bertz CT molecular complexity index is 699. The molecule has 1 aliphatic rings. The van der Waals surface area contributed by atoms with E-state index in [0.717, 1.165) is 0 Å². The van der Waals surface area contributed by atoms with Gasteiger partial charge in [0, 0.05) is 0 Å². The standard InChI is InChI=1S/C13H10ClFN2O3/c1-19-11-3-2-8(15)13(12(11)14)17-9-5-20-6-10(18)7(9)4-16-17/h2-4H,5-6H2,1H3. The van der Waals surface area contributed by atoms with E-state index >= 15 is 0 Å². The van der Waals surface area contributed by atoms with Crippen molar-refractivity contribution < 1.29 is 18.7 Å². The molecule has 0 saturated heterocycles. The van der Waals surface area contributed by atoms with Crippen LogP contribution in [0.4, 0.5) is 4.39 Å². The fourth-order valence-electron chi connectivity index (χ4n) is 2.13. The maximum Gasteiger partial charge on any atom is 0.192 e. The molecule has 0 spiro atoms. The lowest BCUT2D eigenvalue weighted by Gasteiger charge is -2.16. The van der Waals surface area contributed by atoms with Gasteiger partial charge in [-0.05, 0) is 12.1 Å². The van der Waals surface area contributed by atoms with Gasteiger partial charge in [-0.2, -0.15) is 5.10 Å². The van der Waals surface area contributed by atoms with Crippen LogP contribution >= 0.6 is 11.6 Å². The van der Waals surface area contributed by atoms with E-state index in [2.05, 4.69) is 5.10 Å². The Morgan fingerprint density at radius 3 is 3.00 bits per heavy atom. The molecule has 1 aromatic carbocycles. The van der Waals surface area contributed by atoms with E-state index in [1.165, 1.54) is 30.1 Å². The van der Waals surface area contributed by atoms with Crippen LogP contribution in [0.1, 0.15) is 16.1 Å². The monoisotopic (exact) mass is 296 g/mol. The number of carbonyl (C=O) groups excluding carboxylic acids is 1. The molecule has 0 unspecified atom stereocenters. The highest BCUT2D eigenvalue weighted by atomic mass is 35.5. The number of halogens is 2. The van der Waals surface area contributed by atoms with Gasteiger partial charge in [0.2, 0.25) is 0 Å². The number of Topliss-reactive ketones (excluding diaryl/α,β-unsaturated/α-hetero) is 1. The number of hydrogen-bond acceptors (Lipinski definition) is 4. The van der Waals surface area contributed by atoms with Gasteiger partial charge >= 0.3 is 0 Å². The Hall–Kier alpha value is -1.92. The Kier molecular flexibility index (Phi) is 3.19. The van der Waals surface area contributed by atoms with E-state index in [1.807, 2.05) is 0 Å². The molecule has 0 fully saturated rings. The first kappa shape index (κ1) is 13.1. The van der Waals surface area contributed by atoms with Crippen LogP contribution in [0.3, 0.4) is 0 Å². The van der Waals surface area contributed by atoms with Crippen molar-refractivity contribution >= 4 is 17.4 Å². The number of aromatic nitrogens is 2. The van der Waals surface area contributed by atoms with E-state index in [0.29, 0.717) is 17.0 Å². The van der Waals surface area contributed by atoms with E-state index in [1.54, 1.807) is 0 Å². The zero-order valence-electron chi connectivity index (χ0n) is 10.5. The highest BCUT2D eigenvalue weighted by molar-refractivity contribution is 6.33. The predicted molar refractivity (Wildman–Crippen MR) is 69.1 cm³/mol. The lowest BCUT2D eigenvalue weighted by Crippen LogP contribution is -2.19. The molecule has 0 atom stereocenters. The van der Waals surface area contributed by atoms with Gasteiger partial charge < -0.3 is 9.47 Å². The summed E-state index contributed by atoms with van der Waals surface area (Å²) < 4.78 is 25.6. The molecule has 0 amide bonds. The minimum Gasteiger partial charge on any atom is -0.495 e. The summed E-state index contributed by atoms with van der Waals surface area (Å²) in [4.78, 5) is 11.7. The number of benzene rings is 1. The first-order chi connectivity index (χ1) is 9.63. The van der Waals surface area contributed by atoms with Crippen molar-refractivity contribution in [3.05, 3.63) is 40.4 Å². The molecule has 2 heterocycles. The lowest BCUT2D eigenvalue weighted by atomic mass is 10.1. The van der Waals surface area contributed by atoms with Gasteiger partial charge in [-0.15, -0.1) is 0 Å². The Morgan fingerprint density at radius 2 is 2.25 bits per heavy atom. The molecule has 7 heteroatoms. The number of hydrogen-bond donors (Lipinski definition) is 0. The summed E-state index contributed by atoms with van der Waals surface area (Å²) in [7, 11) is 1.44. The van der Waals surface area contributed by atoms with Crippen LogP contribution in [-0.2, 0) is 11.3 Å². The number of methoxy groups -OCH3 is 1. The summed E-state index contributed by atoms with van der Waals surface area (Å²) in [6.07, 6.45) is 1.40.